The highest BCUT2D eigenvalue weighted by atomic mass is 35.5. The molecule has 2 fully saturated rings. The maximum atomic E-state index is 13.3. The van der Waals surface area contributed by atoms with Crippen LogP contribution in [0.25, 0.3) is 0 Å². The first-order valence-electron chi connectivity index (χ1n) is 12.9. The summed E-state index contributed by atoms with van der Waals surface area (Å²) in [5.74, 6) is 0. The lowest BCUT2D eigenvalue weighted by molar-refractivity contribution is -0.388. The van der Waals surface area contributed by atoms with Crippen LogP contribution in [0.4, 0.5) is 43.4 Å². The number of hydrogen-bond acceptors (Lipinski definition) is 6. The van der Waals surface area contributed by atoms with Crippen molar-refractivity contribution in [2.45, 2.75) is 50.2 Å². The van der Waals surface area contributed by atoms with Gasteiger partial charge in [0, 0.05) is 49.7 Å². The Morgan fingerprint density at radius 3 is 2.20 bits per heavy atom. The van der Waals surface area contributed by atoms with Crippen molar-refractivity contribution in [1.82, 2.24) is 4.90 Å². The number of alkyl halides is 6. The van der Waals surface area contributed by atoms with Crippen LogP contribution in [0.1, 0.15) is 36.8 Å². The van der Waals surface area contributed by atoms with Gasteiger partial charge in [-0.05, 0) is 56.0 Å². The van der Waals surface area contributed by atoms with E-state index < -0.39 is 34.1 Å². The molecule has 0 bridgehead atoms. The van der Waals surface area contributed by atoms with E-state index in [4.69, 9.17) is 28.6 Å². The Hall–Kier alpha value is -2.84. The molecule has 0 radical (unpaired) electrons. The summed E-state index contributed by atoms with van der Waals surface area (Å²) in [5, 5.41) is 13.7. The zero-order valence-corrected chi connectivity index (χ0v) is 23.2. The van der Waals surface area contributed by atoms with Crippen LogP contribution in [0, 0.1) is 10.1 Å². The summed E-state index contributed by atoms with van der Waals surface area (Å²) in [5.41, 5.74) is -2.54. The summed E-state index contributed by atoms with van der Waals surface area (Å²) < 4.78 is 85.4. The first kappa shape index (κ1) is 31.1. The van der Waals surface area contributed by atoms with Crippen LogP contribution >= 0.6 is 23.8 Å². The molecule has 2 aromatic carbocycles. The third-order valence-electron chi connectivity index (χ3n) is 7.24. The smallest absolute Gasteiger partial charge is 0.382 e. The summed E-state index contributed by atoms with van der Waals surface area (Å²) in [4.78, 5) is 14.3. The van der Waals surface area contributed by atoms with Crippen molar-refractivity contribution in [1.29, 1.82) is 0 Å². The Morgan fingerprint density at radius 2 is 1.61 bits per heavy atom. The highest BCUT2D eigenvalue weighted by Crippen LogP contribution is 2.39. The minimum Gasteiger partial charge on any atom is -0.382 e. The highest BCUT2D eigenvalue weighted by molar-refractivity contribution is 7.80. The third-order valence-corrected chi connectivity index (χ3v) is 7.94. The molecule has 1 saturated heterocycles. The van der Waals surface area contributed by atoms with E-state index in [1.165, 1.54) is 12.1 Å². The van der Waals surface area contributed by atoms with Crippen LogP contribution in [0.5, 0.6) is 0 Å². The van der Waals surface area contributed by atoms with Crippen LogP contribution in [-0.2, 0) is 17.1 Å². The van der Waals surface area contributed by atoms with Crippen molar-refractivity contribution in [3.63, 3.8) is 0 Å². The Kier molecular flexibility index (Phi) is 9.54. The van der Waals surface area contributed by atoms with E-state index in [2.05, 4.69) is 5.32 Å². The summed E-state index contributed by atoms with van der Waals surface area (Å²) in [6, 6.07) is 6.66. The van der Waals surface area contributed by atoms with E-state index in [9.17, 15) is 36.5 Å². The predicted octanol–water partition coefficient (Wildman–Crippen LogP) is 7.18. The van der Waals surface area contributed by atoms with Crippen LogP contribution in [0.2, 0.25) is 5.02 Å². The molecule has 0 unspecified atom stereocenters. The van der Waals surface area contributed by atoms with Crippen LogP contribution in [-0.4, -0.2) is 59.7 Å². The van der Waals surface area contributed by atoms with E-state index in [1.807, 2.05) is 9.80 Å². The van der Waals surface area contributed by atoms with Gasteiger partial charge in [-0.1, -0.05) is 23.8 Å². The van der Waals surface area contributed by atoms with Gasteiger partial charge < -0.3 is 19.9 Å². The molecule has 1 N–H and O–H groups in total. The minimum atomic E-state index is -4.84. The number of anilines is 2. The molecule has 0 spiro atoms. The number of hydrogen-bond donors (Lipinski definition) is 1. The summed E-state index contributed by atoms with van der Waals surface area (Å²) in [6.07, 6.45) is -6.88. The Bertz CT molecular complexity index is 1260. The van der Waals surface area contributed by atoms with Crippen molar-refractivity contribution >= 4 is 45.9 Å². The molecular weight excluding hydrogens is 598 g/mol. The Balaban J connectivity index is 1.21. The molecule has 1 aliphatic carbocycles. The molecule has 224 valence electrons. The first-order chi connectivity index (χ1) is 19.2. The fourth-order valence-corrected chi connectivity index (χ4v) is 5.52. The zero-order valence-electron chi connectivity index (χ0n) is 21.6. The SMILES string of the molecule is O=[N+]([O-])c1ccc(N[C@H]2CC[C@H](OCC(=S)N3CCN(c4ccc(Cl)c(C(F)(F)F)c4)CC3)CC2)cc1C(F)(F)F. The fourth-order valence-electron chi connectivity index (χ4n) is 5.04. The molecule has 1 heterocycles. The topological polar surface area (TPSA) is 70.9 Å². The van der Waals surface area contributed by atoms with E-state index in [1.54, 1.807) is 6.07 Å². The van der Waals surface area contributed by atoms with E-state index >= 15 is 0 Å². The average molecular weight is 625 g/mol. The molecule has 1 aliphatic heterocycles. The van der Waals surface area contributed by atoms with Gasteiger partial charge in [0.2, 0.25) is 0 Å². The summed E-state index contributed by atoms with van der Waals surface area (Å²) in [7, 11) is 0. The predicted molar refractivity (Wildman–Crippen MR) is 147 cm³/mol. The average Bonchev–Trinajstić information content (AvgIpc) is 2.91. The number of nitrogens with zero attached hydrogens (tertiary/aromatic N) is 3. The summed E-state index contributed by atoms with van der Waals surface area (Å²) in [6.45, 7) is 2.23. The molecule has 0 aromatic heterocycles. The summed E-state index contributed by atoms with van der Waals surface area (Å²) >= 11 is 11.3. The second-order valence-corrected chi connectivity index (χ2v) is 10.8. The molecule has 1 saturated carbocycles. The molecule has 0 amide bonds. The number of rotatable bonds is 7. The second-order valence-electron chi connectivity index (χ2n) is 9.95. The van der Waals surface area contributed by atoms with E-state index in [0.29, 0.717) is 62.5 Å². The van der Waals surface area contributed by atoms with Gasteiger partial charge in [-0.15, -0.1) is 0 Å². The van der Waals surface area contributed by atoms with Gasteiger partial charge in [-0.25, -0.2) is 0 Å². The van der Waals surface area contributed by atoms with Crippen LogP contribution < -0.4 is 10.2 Å². The second kappa shape index (κ2) is 12.6. The Labute approximate surface area is 242 Å². The number of nitro groups is 1. The Morgan fingerprint density at radius 1 is 0.976 bits per heavy atom. The monoisotopic (exact) mass is 624 g/mol. The molecule has 2 aromatic rings. The molecule has 4 rings (SSSR count). The standard InChI is InChI=1S/C26H27ClF6N4O3S/c27-22-7-4-18(14-20(22)25(28,29)30)35-9-11-36(12-10-35)24(41)15-40-19-5-1-16(2-6-19)34-17-3-8-23(37(38)39)21(13-17)26(31,32)33/h3-4,7-8,13-14,16,19,34H,1-2,5-6,9-12,15H2/t16-,19-. The third kappa shape index (κ3) is 7.92. The maximum absolute atomic E-state index is 13.3. The number of ether oxygens (including phenoxy) is 1. The van der Waals surface area contributed by atoms with Crippen molar-refractivity contribution in [3.8, 4) is 0 Å². The van der Waals surface area contributed by atoms with Crippen molar-refractivity contribution in [3.05, 3.63) is 62.7 Å². The molecule has 7 nitrogen and oxygen atoms in total. The van der Waals surface area contributed by atoms with Crippen LogP contribution in [0.3, 0.4) is 0 Å². The largest absolute Gasteiger partial charge is 0.423 e. The first-order valence-corrected chi connectivity index (χ1v) is 13.6. The van der Waals surface area contributed by atoms with Gasteiger partial charge in [-0.3, -0.25) is 10.1 Å². The maximum Gasteiger partial charge on any atom is 0.423 e. The van der Waals surface area contributed by atoms with Crippen molar-refractivity contribution in [2.24, 2.45) is 0 Å². The van der Waals surface area contributed by atoms with Crippen LogP contribution in [0.15, 0.2) is 36.4 Å². The lowest BCUT2D eigenvalue weighted by Crippen LogP contribution is -2.49. The normalized spacial score (nSPS) is 20.2. The fraction of sp³-hybridized carbons (Fsp3) is 0.500. The van der Waals surface area contributed by atoms with Gasteiger partial charge in [0.15, 0.2) is 0 Å². The van der Waals surface area contributed by atoms with Gasteiger partial charge in [0.25, 0.3) is 5.69 Å². The molecular formula is C26H27ClF6N4O3S. The molecule has 0 atom stereocenters. The minimum absolute atomic E-state index is 0.0789. The van der Waals surface area contributed by atoms with Crippen molar-refractivity contribution in [2.75, 3.05) is 43.0 Å². The lowest BCUT2D eigenvalue weighted by Gasteiger charge is -2.38. The number of nitro benzene ring substituents is 1. The van der Waals surface area contributed by atoms with Gasteiger partial charge in [0.1, 0.15) is 10.6 Å². The molecule has 41 heavy (non-hydrogen) atoms. The van der Waals surface area contributed by atoms with E-state index in [-0.39, 0.29) is 29.5 Å². The van der Waals surface area contributed by atoms with Crippen molar-refractivity contribution < 1.29 is 36.0 Å². The lowest BCUT2D eigenvalue weighted by atomic mass is 9.92. The molecule has 15 heteroatoms. The zero-order chi connectivity index (χ0) is 29.9. The number of piperazine rings is 1. The highest BCUT2D eigenvalue weighted by Gasteiger charge is 2.39. The van der Waals surface area contributed by atoms with E-state index in [0.717, 1.165) is 18.2 Å². The number of nitrogens with one attached hydrogen (secondary N) is 1. The van der Waals surface area contributed by atoms with Gasteiger partial charge >= 0.3 is 12.4 Å². The quantitative estimate of drug-likeness (QED) is 0.152. The molecule has 2 aliphatic rings. The van der Waals surface area contributed by atoms with Gasteiger partial charge in [0.05, 0.1) is 28.2 Å². The number of halogens is 7. The number of thiocarbonyl (C=S) groups is 1. The van der Waals surface area contributed by atoms with Gasteiger partial charge in [-0.2, -0.15) is 26.3 Å². The number of benzene rings is 2.